The summed E-state index contributed by atoms with van der Waals surface area (Å²) in [5, 5.41) is 12.6. The number of aliphatic hydroxyl groups excluding tert-OH is 1. The van der Waals surface area contributed by atoms with Gasteiger partial charge in [0, 0.05) is 11.4 Å². The van der Waals surface area contributed by atoms with Gasteiger partial charge in [-0.15, -0.1) is 11.8 Å². The standard InChI is InChI=1S/C15H21NO2S/c17-14-9-4-8-13(14)15(18)16-10-5-11-19-12-6-2-1-3-7-12/h1-3,6-7,13-14,17H,4-5,8-11H2,(H,16,18). The Bertz CT molecular complexity index is 396. The van der Waals surface area contributed by atoms with Gasteiger partial charge in [0.05, 0.1) is 12.0 Å². The second-order valence-electron chi connectivity index (χ2n) is 4.91. The molecule has 1 amide bonds. The fourth-order valence-electron chi connectivity index (χ4n) is 2.37. The number of amides is 1. The third kappa shape index (κ3) is 4.55. The maximum atomic E-state index is 11.8. The van der Waals surface area contributed by atoms with Crippen LogP contribution in [-0.4, -0.2) is 29.4 Å². The molecule has 2 rings (SSSR count). The van der Waals surface area contributed by atoms with Crippen LogP contribution in [0.3, 0.4) is 0 Å². The molecule has 1 fully saturated rings. The number of rotatable bonds is 6. The molecule has 3 nitrogen and oxygen atoms in total. The SMILES string of the molecule is O=C(NCCCSc1ccccc1)C1CCCC1O. The number of hydrogen-bond donors (Lipinski definition) is 2. The summed E-state index contributed by atoms with van der Waals surface area (Å²) in [7, 11) is 0. The largest absolute Gasteiger partial charge is 0.392 e. The van der Waals surface area contributed by atoms with E-state index in [1.165, 1.54) is 4.90 Å². The summed E-state index contributed by atoms with van der Waals surface area (Å²) in [4.78, 5) is 13.1. The molecule has 2 atom stereocenters. The Labute approximate surface area is 118 Å². The zero-order valence-electron chi connectivity index (χ0n) is 11.0. The van der Waals surface area contributed by atoms with Crippen LogP contribution in [0.4, 0.5) is 0 Å². The molecule has 2 unspecified atom stereocenters. The molecule has 1 aromatic rings. The molecule has 0 bridgehead atoms. The number of aliphatic hydroxyl groups is 1. The Kier molecular flexibility index (Phi) is 5.73. The lowest BCUT2D eigenvalue weighted by Gasteiger charge is -2.14. The topological polar surface area (TPSA) is 49.3 Å². The minimum absolute atomic E-state index is 0.0229. The van der Waals surface area contributed by atoms with Crippen molar-refractivity contribution in [2.24, 2.45) is 5.92 Å². The zero-order valence-corrected chi connectivity index (χ0v) is 11.9. The first kappa shape index (κ1) is 14.4. The maximum Gasteiger partial charge on any atom is 0.225 e. The Morgan fingerprint density at radius 3 is 2.79 bits per heavy atom. The third-order valence-corrected chi connectivity index (χ3v) is 4.55. The summed E-state index contributed by atoms with van der Waals surface area (Å²) >= 11 is 1.80. The lowest BCUT2D eigenvalue weighted by Crippen LogP contribution is -2.35. The van der Waals surface area contributed by atoms with E-state index in [0.29, 0.717) is 6.54 Å². The maximum absolute atomic E-state index is 11.8. The predicted molar refractivity (Wildman–Crippen MR) is 78.1 cm³/mol. The average molecular weight is 279 g/mol. The van der Waals surface area contributed by atoms with Crippen molar-refractivity contribution < 1.29 is 9.90 Å². The highest BCUT2D eigenvalue weighted by molar-refractivity contribution is 7.99. The predicted octanol–water partition coefficient (Wildman–Crippen LogP) is 2.45. The van der Waals surface area contributed by atoms with Crippen molar-refractivity contribution in [3.8, 4) is 0 Å². The van der Waals surface area contributed by atoms with Gasteiger partial charge in [-0.1, -0.05) is 18.2 Å². The number of carbonyl (C=O) groups is 1. The van der Waals surface area contributed by atoms with E-state index >= 15 is 0 Å². The summed E-state index contributed by atoms with van der Waals surface area (Å²) in [5.74, 6) is 0.842. The van der Waals surface area contributed by atoms with Crippen molar-refractivity contribution >= 4 is 17.7 Å². The zero-order chi connectivity index (χ0) is 13.5. The molecule has 104 valence electrons. The Hall–Kier alpha value is -1.00. The first-order valence-corrected chi connectivity index (χ1v) is 7.89. The van der Waals surface area contributed by atoms with Gasteiger partial charge in [-0.3, -0.25) is 4.79 Å². The number of nitrogens with one attached hydrogen (secondary N) is 1. The van der Waals surface area contributed by atoms with E-state index < -0.39 is 6.10 Å². The van der Waals surface area contributed by atoms with E-state index in [2.05, 4.69) is 17.4 Å². The highest BCUT2D eigenvalue weighted by Gasteiger charge is 2.30. The summed E-state index contributed by atoms with van der Waals surface area (Å²) in [6, 6.07) is 10.3. The molecule has 0 spiro atoms. The van der Waals surface area contributed by atoms with Crippen LogP contribution < -0.4 is 5.32 Å². The summed E-state index contributed by atoms with van der Waals surface area (Å²) in [6.07, 6.45) is 3.07. The number of hydrogen-bond acceptors (Lipinski definition) is 3. The van der Waals surface area contributed by atoms with Crippen LogP contribution in [0.15, 0.2) is 35.2 Å². The monoisotopic (exact) mass is 279 g/mol. The third-order valence-electron chi connectivity index (χ3n) is 3.45. The Morgan fingerprint density at radius 2 is 2.11 bits per heavy atom. The van der Waals surface area contributed by atoms with E-state index in [4.69, 9.17) is 0 Å². The second-order valence-corrected chi connectivity index (χ2v) is 6.08. The van der Waals surface area contributed by atoms with Crippen LogP contribution >= 0.6 is 11.8 Å². The fourth-order valence-corrected chi connectivity index (χ4v) is 3.24. The van der Waals surface area contributed by atoms with Crippen molar-refractivity contribution in [1.82, 2.24) is 5.32 Å². The van der Waals surface area contributed by atoms with Gasteiger partial charge in [0.25, 0.3) is 0 Å². The molecule has 0 aliphatic heterocycles. The van der Waals surface area contributed by atoms with Gasteiger partial charge < -0.3 is 10.4 Å². The van der Waals surface area contributed by atoms with Crippen molar-refractivity contribution in [2.45, 2.75) is 36.7 Å². The van der Waals surface area contributed by atoms with Gasteiger partial charge in [-0.2, -0.15) is 0 Å². The molecule has 0 heterocycles. The molecule has 19 heavy (non-hydrogen) atoms. The molecule has 4 heteroatoms. The fraction of sp³-hybridized carbons (Fsp3) is 0.533. The molecule has 1 aromatic carbocycles. The molecule has 0 saturated heterocycles. The quantitative estimate of drug-likeness (QED) is 0.621. The minimum Gasteiger partial charge on any atom is -0.392 e. The highest BCUT2D eigenvalue weighted by atomic mass is 32.2. The van der Waals surface area contributed by atoms with Crippen molar-refractivity contribution in [1.29, 1.82) is 0 Å². The van der Waals surface area contributed by atoms with Gasteiger partial charge in [0.2, 0.25) is 5.91 Å². The van der Waals surface area contributed by atoms with Gasteiger partial charge in [0.1, 0.15) is 0 Å². The van der Waals surface area contributed by atoms with Crippen LogP contribution in [0, 0.1) is 5.92 Å². The molecule has 2 N–H and O–H groups in total. The molecular weight excluding hydrogens is 258 g/mol. The molecule has 0 radical (unpaired) electrons. The first-order valence-electron chi connectivity index (χ1n) is 6.91. The van der Waals surface area contributed by atoms with Crippen LogP contribution in [0.2, 0.25) is 0 Å². The lowest BCUT2D eigenvalue weighted by atomic mass is 10.1. The molecule has 1 aliphatic carbocycles. The average Bonchev–Trinajstić information content (AvgIpc) is 2.86. The normalized spacial score (nSPS) is 22.4. The summed E-state index contributed by atoms with van der Waals surface area (Å²) < 4.78 is 0. The lowest BCUT2D eigenvalue weighted by molar-refractivity contribution is -0.127. The summed E-state index contributed by atoms with van der Waals surface area (Å²) in [5.41, 5.74) is 0. The minimum atomic E-state index is -0.432. The molecular formula is C15H21NO2S. The van der Waals surface area contributed by atoms with E-state index in [1.807, 2.05) is 18.2 Å². The van der Waals surface area contributed by atoms with Crippen LogP contribution in [0.25, 0.3) is 0 Å². The first-order chi connectivity index (χ1) is 9.27. The van der Waals surface area contributed by atoms with Gasteiger partial charge in [0.15, 0.2) is 0 Å². The van der Waals surface area contributed by atoms with Crippen molar-refractivity contribution in [3.63, 3.8) is 0 Å². The van der Waals surface area contributed by atoms with Crippen molar-refractivity contribution in [2.75, 3.05) is 12.3 Å². The van der Waals surface area contributed by atoms with Gasteiger partial charge in [-0.05, 0) is 43.6 Å². The van der Waals surface area contributed by atoms with E-state index in [1.54, 1.807) is 11.8 Å². The van der Waals surface area contributed by atoms with Gasteiger partial charge in [-0.25, -0.2) is 0 Å². The summed E-state index contributed by atoms with van der Waals surface area (Å²) in [6.45, 7) is 0.696. The molecule has 1 aliphatic rings. The van der Waals surface area contributed by atoms with Gasteiger partial charge >= 0.3 is 0 Å². The second kappa shape index (κ2) is 7.56. The van der Waals surface area contributed by atoms with Crippen molar-refractivity contribution in [3.05, 3.63) is 30.3 Å². The van der Waals surface area contributed by atoms with E-state index in [0.717, 1.165) is 31.4 Å². The van der Waals surface area contributed by atoms with E-state index in [-0.39, 0.29) is 11.8 Å². The highest BCUT2D eigenvalue weighted by Crippen LogP contribution is 2.25. The molecule has 0 aromatic heterocycles. The van der Waals surface area contributed by atoms with Crippen LogP contribution in [0.1, 0.15) is 25.7 Å². The van der Waals surface area contributed by atoms with Crippen LogP contribution in [-0.2, 0) is 4.79 Å². The smallest absolute Gasteiger partial charge is 0.225 e. The number of benzene rings is 1. The van der Waals surface area contributed by atoms with E-state index in [9.17, 15) is 9.90 Å². The Morgan fingerprint density at radius 1 is 1.32 bits per heavy atom. The number of thioether (sulfide) groups is 1. The van der Waals surface area contributed by atoms with Crippen LogP contribution in [0.5, 0.6) is 0 Å². The molecule has 1 saturated carbocycles. The Balaban J connectivity index is 1.58. The number of carbonyl (C=O) groups excluding carboxylic acids is 1.